The minimum atomic E-state index is -0.240. The van der Waals surface area contributed by atoms with Gasteiger partial charge in [0.15, 0.2) is 5.16 Å². The Morgan fingerprint density at radius 2 is 1.65 bits per heavy atom. The van der Waals surface area contributed by atoms with Gasteiger partial charge in [0, 0.05) is 28.3 Å². The third-order valence-electron chi connectivity index (χ3n) is 4.85. The van der Waals surface area contributed by atoms with Gasteiger partial charge in [-0.15, -0.1) is 10.2 Å². The first-order valence-electron chi connectivity index (χ1n) is 10.7. The molecule has 0 aliphatic rings. The Bertz CT molecular complexity index is 1320. The lowest BCUT2D eigenvalue weighted by Gasteiger charge is -2.09. The highest BCUT2D eigenvalue weighted by atomic mass is 32.2. The van der Waals surface area contributed by atoms with E-state index in [2.05, 4.69) is 25.8 Å². The third-order valence-corrected chi connectivity index (χ3v) is 5.78. The van der Waals surface area contributed by atoms with Crippen LogP contribution in [0.3, 0.4) is 0 Å². The summed E-state index contributed by atoms with van der Waals surface area (Å²) in [6, 6.07) is 15.8. The second-order valence-corrected chi connectivity index (χ2v) is 8.43. The Labute approximate surface area is 201 Å². The standard InChI is InChI=1S/C24H24N6O3S/c1-4-33-20-11-9-19(10-12-20)27-22(32)17-5-7-18(8-6-17)26-21(31)14-34-24-29-28-23-25-15(2)13-16(3)30(23)24/h5-13H,4,14H2,1-3H3,(H,26,31)(H,27,32). The van der Waals surface area contributed by atoms with Gasteiger partial charge in [0.1, 0.15) is 5.75 Å². The number of hydrogen-bond donors (Lipinski definition) is 2. The number of benzene rings is 2. The fourth-order valence-electron chi connectivity index (χ4n) is 3.33. The van der Waals surface area contributed by atoms with Crippen LogP contribution in [0, 0.1) is 13.8 Å². The van der Waals surface area contributed by atoms with Crippen molar-refractivity contribution in [3.05, 3.63) is 71.5 Å². The van der Waals surface area contributed by atoms with E-state index in [1.807, 2.05) is 31.2 Å². The molecule has 0 bridgehead atoms. The summed E-state index contributed by atoms with van der Waals surface area (Å²) in [4.78, 5) is 29.3. The average molecular weight is 477 g/mol. The number of rotatable bonds is 8. The Hall–Kier alpha value is -3.92. The molecule has 9 nitrogen and oxygen atoms in total. The van der Waals surface area contributed by atoms with Crippen molar-refractivity contribution >= 4 is 40.7 Å². The molecule has 0 aliphatic heterocycles. The number of thioether (sulfide) groups is 1. The molecule has 0 saturated carbocycles. The lowest BCUT2D eigenvalue weighted by atomic mass is 10.2. The maximum atomic E-state index is 12.5. The van der Waals surface area contributed by atoms with E-state index in [9.17, 15) is 9.59 Å². The Kier molecular flexibility index (Phi) is 7.07. The van der Waals surface area contributed by atoms with Crippen LogP contribution in [0.1, 0.15) is 28.7 Å². The number of amides is 2. The smallest absolute Gasteiger partial charge is 0.256 e. The van der Waals surface area contributed by atoms with Gasteiger partial charge in [-0.1, -0.05) is 11.8 Å². The predicted octanol–water partition coefficient (Wildman–Crippen LogP) is 4.12. The molecule has 2 N–H and O–H groups in total. The van der Waals surface area contributed by atoms with Crippen LogP contribution in [0.5, 0.6) is 5.75 Å². The number of nitrogens with one attached hydrogen (secondary N) is 2. The first-order chi connectivity index (χ1) is 16.4. The molecule has 10 heteroatoms. The zero-order chi connectivity index (χ0) is 24.1. The molecule has 2 amide bonds. The van der Waals surface area contributed by atoms with Crippen molar-refractivity contribution in [3.8, 4) is 5.75 Å². The van der Waals surface area contributed by atoms with Crippen LogP contribution in [0.15, 0.2) is 59.8 Å². The van der Waals surface area contributed by atoms with Crippen LogP contribution in [-0.4, -0.2) is 43.8 Å². The zero-order valence-electron chi connectivity index (χ0n) is 19.0. The first kappa shape index (κ1) is 23.2. The minimum Gasteiger partial charge on any atom is -0.494 e. The molecule has 174 valence electrons. The van der Waals surface area contributed by atoms with Gasteiger partial charge in [0.25, 0.3) is 11.7 Å². The van der Waals surface area contributed by atoms with Crippen LogP contribution in [0.25, 0.3) is 5.78 Å². The van der Waals surface area contributed by atoms with E-state index in [0.29, 0.717) is 34.5 Å². The number of carbonyl (C=O) groups excluding carboxylic acids is 2. The van der Waals surface area contributed by atoms with Gasteiger partial charge in [-0.25, -0.2) is 4.98 Å². The highest BCUT2D eigenvalue weighted by Crippen LogP contribution is 2.20. The number of fused-ring (bicyclic) bond motifs is 1. The number of hydrogen-bond acceptors (Lipinski definition) is 7. The summed E-state index contributed by atoms with van der Waals surface area (Å²) in [5.41, 5.74) is 3.57. The van der Waals surface area contributed by atoms with Crippen molar-refractivity contribution in [3.63, 3.8) is 0 Å². The summed E-state index contributed by atoms with van der Waals surface area (Å²) < 4.78 is 7.22. The van der Waals surface area contributed by atoms with Gasteiger partial charge in [0.05, 0.1) is 12.4 Å². The van der Waals surface area contributed by atoms with Crippen LogP contribution >= 0.6 is 11.8 Å². The summed E-state index contributed by atoms with van der Waals surface area (Å²) in [6.07, 6.45) is 0. The van der Waals surface area contributed by atoms with Gasteiger partial charge in [0.2, 0.25) is 5.91 Å². The highest BCUT2D eigenvalue weighted by molar-refractivity contribution is 7.99. The van der Waals surface area contributed by atoms with E-state index in [0.717, 1.165) is 17.1 Å². The van der Waals surface area contributed by atoms with Gasteiger partial charge < -0.3 is 15.4 Å². The number of carbonyl (C=O) groups is 2. The van der Waals surface area contributed by atoms with Gasteiger partial charge in [-0.3, -0.25) is 14.0 Å². The predicted molar refractivity (Wildman–Crippen MR) is 132 cm³/mol. The quantitative estimate of drug-likeness (QED) is 0.368. The van der Waals surface area contributed by atoms with Crippen molar-refractivity contribution in [1.82, 2.24) is 19.6 Å². The van der Waals surface area contributed by atoms with E-state index < -0.39 is 0 Å². The van der Waals surface area contributed by atoms with Gasteiger partial charge >= 0.3 is 0 Å². The number of aromatic nitrogens is 4. The van der Waals surface area contributed by atoms with Crippen LogP contribution in [-0.2, 0) is 4.79 Å². The largest absolute Gasteiger partial charge is 0.494 e. The number of ether oxygens (including phenoxy) is 1. The van der Waals surface area contributed by atoms with Crippen molar-refractivity contribution in [2.75, 3.05) is 23.0 Å². The molecule has 0 saturated heterocycles. The Morgan fingerprint density at radius 3 is 2.35 bits per heavy atom. The van der Waals surface area contributed by atoms with Crippen molar-refractivity contribution in [2.45, 2.75) is 25.9 Å². The summed E-state index contributed by atoms with van der Waals surface area (Å²) in [7, 11) is 0. The lowest BCUT2D eigenvalue weighted by molar-refractivity contribution is -0.113. The molecule has 2 aromatic heterocycles. The molecule has 34 heavy (non-hydrogen) atoms. The van der Waals surface area contributed by atoms with E-state index in [-0.39, 0.29) is 17.6 Å². The van der Waals surface area contributed by atoms with E-state index >= 15 is 0 Å². The monoisotopic (exact) mass is 476 g/mol. The maximum Gasteiger partial charge on any atom is 0.256 e. The molecular formula is C24H24N6O3S. The summed E-state index contributed by atoms with van der Waals surface area (Å²) >= 11 is 1.28. The fraction of sp³-hybridized carbons (Fsp3) is 0.208. The summed E-state index contributed by atoms with van der Waals surface area (Å²) in [5, 5.41) is 14.5. The van der Waals surface area contributed by atoms with Gasteiger partial charge in [-0.2, -0.15) is 0 Å². The normalized spacial score (nSPS) is 10.8. The van der Waals surface area contributed by atoms with Crippen LogP contribution < -0.4 is 15.4 Å². The molecule has 4 rings (SSSR count). The topological polar surface area (TPSA) is 111 Å². The van der Waals surface area contributed by atoms with Crippen molar-refractivity contribution in [2.24, 2.45) is 0 Å². The zero-order valence-corrected chi connectivity index (χ0v) is 19.8. The second kappa shape index (κ2) is 10.3. The molecule has 0 atom stereocenters. The lowest BCUT2D eigenvalue weighted by Crippen LogP contribution is -2.15. The molecule has 0 fully saturated rings. The molecule has 0 aliphatic carbocycles. The molecule has 0 spiro atoms. The molecule has 2 heterocycles. The highest BCUT2D eigenvalue weighted by Gasteiger charge is 2.13. The Morgan fingerprint density at radius 1 is 0.971 bits per heavy atom. The van der Waals surface area contributed by atoms with E-state index in [1.54, 1.807) is 48.5 Å². The molecule has 0 unspecified atom stereocenters. The number of aryl methyl sites for hydroxylation is 2. The molecular weight excluding hydrogens is 452 g/mol. The number of nitrogens with zero attached hydrogens (tertiary/aromatic N) is 4. The maximum absolute atomic E-state index is 12.5. The fourth-order valence-corrected chi connectivity index (χ4v) is 4.12. The van der Waals surface area contributed by atoms with Crippen LogP contribution in [0.2, 0.25) is 0 Å². The molecule has 0 radical (unpaired) electrons. The summed E-state index contributed by atoms with van der Waals surface area (Å²) in [5.74, 6) is 0.993. The SMILES string of the molecule is CCOc1ccc(NC(=O)c2ccc(NC(=O)CSc3nnc4nc(C)cc(C)n34)cc2)cc1. The van der Waals surface area contributed by atoms with Crippen molar-refractivity contribution in [1.29, 1.82) is 0 Å². The number of anilines is 2. The average Bonchev–Trinajstić information content (AvgIpc) is 3.23. The van der Waals surface area contributed by atoms with Gasteiger partial charge in [-0.05, 0) is 75.4 Å². The third kappa shape index (κ3) is 5.52. The Balaban J connectivity index is 1.31. The van der Waals surface area contributed by atoms with Crippen LogP contribution in [0.4, 0.5) is 11.4 Å². The second-order valence-electron chi connectivity index (χ2n) is 7.48. The van der Waals surface area contributed by atoms with Crippen molar-refractivity contribution < 1.29 is 14.3 Å². The molecule has 4 aromatic rings. The minimum absolute atomic E-state index is 0.161. The van der Waals surface area contributed by atoms with E-state index in [4.69, 9.17) is 4.74 Å². The molecule has 2 aromatic carbocycles. The first-order valence-corrected chi connectivity index (χ1v) is 11.7. The summed E-state index contributed by atoms with van der Waals surface area (Å²) in [6.45, 7) is 6.35. The van der Waals surface area contributed by atoms with E-state index in [1.165, 1.54) is 11.8 Å².